The zero-order valence-electron chi connectivity index (χ0n) is 15.6. The molecule has 0 bridgehead atoms. The van der Waals surface area contributed by atoms with Crippen molar-refractivity contribution in [1.82, 2.24) is 9.97 Å². The van der Waals surface area contributed by atoms with Crippen molar-refractivity contribution in [3.05, 3.63) is 78.3 Å². The number of pyridine rings is 2. The zero-order chi connectivity index (χ0) is 20.2. The van der Waals surface area contributed by atoms with Crippen LogP contribution in [0.5, 0.6) is 0 Å². The van der Waals surface area contributed by atoms with Crippen LogP contribution in [0.2, 0.25) is 0 Å². The minimum atomic E-state index is -0.833. The van der Waals surface area contributed by atoms with Gasteiger partial charge in [0.2, 0.25) is 0 Å². The van der Waals surface area contributed by atoms with E-state index in [-0.39, 0.29) is 11.4 Å². The van der Waals surface area contributed by atoms with E-state index in [0.717, 1.165) is 49.8 Å². The summed E-state index contributed by atoms with van der Waals surface area (Å²) in [4.78, 5) is 25.3. The number of hydrogen-bond acceptors (Lipinski definition) is 5. The Hall–Kier alpha value is -3.55. The minimum Gasteiger partial charge on any atom is -0.368 e. The molecule has 3 heterocycles. The number of nitrogens with one attached hydrogen (secondary N) is 1. The highest BCUT2D eigenvalue weighted by atomic mass is 19.1. The fraction of sp³-hybridized carbons (Fsp3) is 0.190. The highest BCUT2D eigenvalue weighted by molar-refractivity contribution is 6.03. The van der Waals surface area contributed by atoms with E-state index in [4.69, 9.17) is 0 Å². The van der Waals surface area contributed by atoms with Crippen molar-refractivity contribution in [1.29, 1.82) is 0 Å². The van der Waals surface area contributed by atoms with Crippen molar-refractivity contribution in [2.24, 2.45) is 0 Å². The van der Waals surface area contributed by atoms with E-state index >= 15 is 0 Å². The highest BCUT2D eigenvalue weighted by Crippen LogP contribution is 2.21. The van der Waals surface area contributed by atoms with Crippen LogP contribution < -0.4 is 15.1 Å². The number of carbonyl (C=O) groups is 1. The standard InChI is InChI=1S/C21H19F2N5O/c22-15-4-5-18(17(23)13-15)26-21(29)19-14-16(6-8-24-19)27-9-11-28(12-10-27)20-3-1-2-7-25-20/h1-8,13-14H,9-12H2,(H,26,29). The molecule has 1 amide bonds. The van der Waals surface area contributed by atoms with Crippen LogP contribution in [0.4, 0.5) is 26.0 Å². The molecule has 1 saturated heterocycles. The SMILES string of the molecule is O=C(Nc1ccc(F)cc1F)c1cc(N2CCN(c3ccccn3)CC2)ccn1. The predicted octanol–water partition coefficient (Wildman–Crippen LogP) is 3.33. The Morgan fingerprint density at radius 2 is 1.69 bits per heavy atom. The molecule has 1 N–H and O–H groups in total. The average Bonchev–Trinajstić information content (AvgIpc) is 2.76. The Morgan fingerprint density at radius 1 is 0.897 bits per heavy atom. The van der Waals surface area contributed by atoms with Crippen LogP contribution >= 0.6 is 0 Å². The molecule has 8 heteroatoms. The number of amides is 1. The maximum Gasteiger partial charge on any atom is 0.274 e. The molecule has 0 aliphatic carbocycles. The molecular weight excluding hydrogens is 376 g/mol. The third kappa shape index (κ3) is 4.31. The number of halogens is 2. The Bertz CT molecular complexity index is 1010. The summed E-state index contributed by atoms with van der Waals surface area (Å²) in [5.74, 6) is -1.14. The summed E-state index contributed by atoms with van der Waals surface area (Å²) < 4.78 is 26.8. The Kier molecular flexibility index (Phi) is 5.33. The number of anilines is 3. The van der Waals surface area contributed by atoms with Crippen molar-refractivity contribution in [2.75, 3.05) is 41.3 Å². The van der Waals surface area contributed by atoms with Crippen LogP contribution in [0.15, 0.2) is 60.9 Å². The van der Waals surface area contributed by atoms with Gasteiger partial charge in [-0.25, -0.2) is 13.8 Å². The van der Waals surface area contributed by atoms with E-state index in [1.54, 1.807) is 18.5 Å². The van der Waals surface area contributed by atoms with Gasteiger partial charge in [-0.3, -0.25) is 9.78 Å². The second kappa shape index (κ2) is 8.22. The smallest absolute Gasteiger partial charge is 0.274 e. The summed E-state index contributed by atoms with van der Waals surface area (Å²) in [5, 5.41) is 2.43. The summed E-state index contributed by atoms with van der Waals surface area (Å²) in [6, 6.07) is 12.3. The lowest BCUT2D eigenvalue weighted by Crippen LogP contribution is -2.46. The molecule has 4 rings (SSSR count). The number of hydrogen-bond donors (Lipinski definition) is 1. The van der Waals surface area contributed by atoms with Crippen LogP contribution in [0.25, 0.3) is 0 Å². The van der Waals surface area contributed by atoms with E-state index in [0.29, 0.717) is 0 Å². The molecule has 1 aliphatic heterocycles. The summed E-state index contributed by atoms with van der Waals surface area (Å²) in [6.45, 7) is 3.16. The first-order valence-electron chi connectivity index (χ1n) is 9.23. The predicted molar refractivity (Wildman–Crippen MR) is 107 cm³/mol. The van der Waals surface area contributed by atoms with E-state index in [2.05, 4.69) is 25.1 Å². The van der Waals surface area contributed by atoms with Gasteiger partial charge in [-0.15, -0.1) is 0 Å². The number of rotatable bonds is 4. The highest BCUT2D eigenvalue weighted by Gasteiger charge is 2.19. The van der Waals surface area contributed by atoms with E-state index in [1.807, 2.05) is 24.3 Å². The fourth-order valence-electron chi connectivity index (χ4n) is 3.25. The van der Waals surface area contributed by atoms with Gasteiger partial charge in [0, 0.05) is 50.3 Å². The Morgan fingerprint density at radius 3 is 2.41 bits per heavy atom. The average molecular weight is 395 g/mol. The normalized spacial score (nSPS) is 14.0. The molecule has 0 unspecified atom stereocenters. The molecule has 0 atom stereocenters. The van der Waals surface area contributed by atoms with Crippen LogP contribution in [-0.2, 0) is 0 Å². The van der Waals surface area contributed by atoms with Gasteiger partial charge >= 0.3 is 0 Å². The molecule has 0 saturated carbocycles. The first-order chi connectivity index (χ1) is 14.1. The number of nitrogens with zero attached hydrogens (tertiary/aromatic N) is 4. The van der Waals surface area contributed by atoms with Gasteiger partial charge < -0.3 is 15.1 Å². The summed E-state index contributed by atoms with van der Waals surface area (Å²) in [5.41, 5.74) is 0.941. The molecular formula is C21H19F2N5O. The van der Waals surface area contributed by atoms with Gasteiger partial charge in [0.15, 0.2) is 0 Å². The maximum atomic E-state index is 13.8. The number of piperazine rings is 1. The van der Waals surface area contributed by atoms with E-state index in [1.165, 1.54) is 6.07 Å². The quantitative estimate of drug-likeness (QED) is 0.734. The molecule has 6 nitrogen and oxygen atoms in total. The number of benzene rings is 1. The van der Waals surface area contributed by atoms with Crippen molar-refractivity contribution < 1.29 is 13.6 Å². The largest absolute Gasteiger partial charge is 0.368 e. The third-order valence-corrected chi connectivity index (χ3v) is 4.77. The Balaban J connectivity index is 1.43. The van der Waals surface area contributed by atoms with Gasteiger partial charge in [-0.1, -0.05) is 6.07 Å². The van der Waals surface area contributed by atoms with Crippen LogP contribution in [-0.4, -0.2) is 42.1 Å². The van der Waals surface area contributed by atoms with Crippen molar-refractivity contribution in [3.8, 4) is 0 Å². The molecule has 148 valence electrons. The van der Waals surface area contributed by atoms with E-state index in [9.17, 15) is 13.6 Å². The minimum absolute atomic E-state index is 0.0902. The van der Waals surface area contributed by atoms with Gasteiger partial charge in [0.25, 0.3) is 5.91 Å². The van der Waals surface area contributed by atoms with Crippen LogP contribution in [0.3, 0.4) is 0 Å². The first-order valence-corrected chi connectivity index (χ1v) is 9.23. The van der Waals surface area contributed by atoms with Crippen molar-refractivity contribution >= 4 is 23.1 Å². The number of aromatic nitrogens is 2. The Labute approximate surface area is 166 Å². The molecule has 1 aromatic carbocycles. The van der Waals surface area contributed by atoms with E-state index < -0.39 is 17.5 Å². The van der Waals surface area contributed by atoms with Gasteiger partial charge in [-0.05, 0) is 36.4 Å². The molecule has 1 aliphatic rings. The fourth-order valence-corrected chi connectivity index (χ4v) is 3.25. The lowest BCUT2D eigenvalue weighted by atomic mass is 10.2. The molecule has 0 radical (unpaired) electrons. The second-order valence-electron chi connectivity index (χ2n) is 6.64. The molecule has 1 fully saturated rings. The van der Waals surface area contributed by atoms with Gasteiger partial charge in [0.05, 0.1) is 5.69 Å². The molecule has 3 aromatic rings. The molecule has 0 spiro atoms. The topological polar surface area (TPSA) is 61.4 Å². The van der Waals surface area contributed by atoms with Crippen molar-refractivity contribution in [3.63, 3.8) is 0 Å². The summed E-state index contributed by atoms with van der Waals surface area (Å²) in [7, 11) is 0. The van der Waals surface area contributed by atoms with Crippen molar-refractivity contribution in [2.45, 2.75) is 0 Å². The molecule has 2 aromatic heterocycles. The van der Waals surface area contributed by atoms with Crippen LogP contribution in [0, 0.1) is 11.6 Å². The zero-order valence-corrected chi connectivity index (χ0v) is 15.6. The lowest BCUT2D eigenvalue weighted by Gasteiger charge is -2.36. The summed E-state index contributed by atoms with van der Waals surface area (Å²) >= 11 is 0. The van der Waals surface area contributed by atoms with Gasteiger partial charge in [-0.2, -0.15) is 0 Å². The second-order valence-corrected chi connectivity index (χ2v) is 6.64. The van der Waals surface area contributed by atoms with Crippen LogP contribution in [0.1, 0.15) is 10.5 Å². The first kappa shape index (κ1) is 18.8. The monoisotopic (exact) mass is 395 g/mol. The molecule has 29 heavy (non-hydrogen) atoms. The number of carbonyl (C=O) groups excluding carboxylic acids is 1. The lowest BCUT2D eigenvalue weighted by molar-refractivity contribution is 0.102. The maximum absolute atomic E-state index is 13.8. The van der Waals surface area contributed by atoms with Gasteiger partial charge in [0.1, 0.15) is 23.1 Å². The summed E-state index contributed by atoms with van der Waals surface area (Å²) in [6.07, 6.45) is 3.33. The third-order valence-electron chi connectivity index (χ3n) is 4.77.